The van der Waals surface area contributed by atoms with E-state index in [9.17, 15) is 39.0 Å². The number of nitrogens with one attached hydrogen (secondary N) is 2. The molecule has 3 aliphatic rings. The number of phenolic OH excluding ortho intramolecular Hbond substituents is 1. The Bertz CT molecular complexity index is 1330. The first-order chi connectivity index (χ1) is 19.3. The van der Waals surface area contributed by atoms with Crippen LogP contribution in [0.4, 0.5) is 10.1 Å². The molecular weight excluding hydrogens is 543 g/mol. The molecule has 1 aromatic rings. The maximum atomic E-state index is 15.3. The zero-order valence-electron chi connectivity index (χ0n) is 22.9. The molecule has 14 heteroatoms. The lowest BCUT2D eigenvalue weighted by Crippen LogP contribution is -2.74. The molecule has 2 saturated carbocycles. The van der Waals surface area contributed by atoms with Crippen molar-refractivity contribution in [3.8, 4) is 5.75 Å². The Morgan fingerprint density at radius 2 is 1.90 bits per heavy atom. The average Bonchev–Trinajstić information content (AvgIpc) is 2.88. The van der Waals surface area contributed by atoms with Crippen LogP contribution in [0.15, 0.2) is 6.07 Å². The summed E-state index contributed by atoms with van der Waals surface area (Å²) >= 11 is 0. The Morgan fingerprint density at radius 3 is 2.51 bits per heavy atom. The Balaban J connectivity index is 1.68. The minimum absolute atomic E-state index is 0.178. The molecule has 6 atom stereocenters. The summed E-state index contributed by atoms with van der Waals surface area (Å²) in [6.45, 7) is 0.752. The van der Waals surface area contributed by atoms with E-state index in [0.29, 0.717) is 19.6 Å². The van der Waals surface area contributed by atoms with E-state index in [1.807, 2.05) is 0 Å². The number of ketones is 4. The van der Waals surface area contributed by atoms with Gasteiger partial charge in [-0.25, -0.2) is 4.39 Å². The molecule has 6 N–H and O–H groups in total. The number of ether oxygens (including phenoxy) is 1. The van der Waals surface area contributed by atoms with E-state index in [2.05, 4.69) is 10.6 Å². The molecule has 2 fully saturated rings. The number of nitrogens with two attached hydrogens (primary N) is 1. The number of primary amides is 1. The molecule has 0 radical (unpaired) electrons. The molecule has 222 valence electrons. The van der Waals surface area contributed by atoms with E-state index in [-0.39, 0.29) is 24.9 Å². The van der Waals surface area contributed by atoms with Crippen LogP contribution < -0.4 is 16.4 Å². The molecule has 0 heterocycles. The summed E-state index contributed by atoms with van der Waals surface area (Å²) in [5, 5.41) is 27.7. The van der Waals surface area contributed by atoms with Gasteiger partial charge in [-0.2, -0.15) is 0 Å². The molecule has 0 spiro atoms. The highest BCUT2D eigenvalue weighted by atomic mass is 19.1. The fraction of sp³-hybridized carbons (Fsp3) is 0.556. The first-order valence-corrected chi connectivity index (χ1v) is 13.2. The van der Waals surface area contributed by atoms with Crippen LogP contribution in [0.25, 0.3) is 0 Å². The molecule has 3 aliphatic carbocycles. The second kappa shape index (κ2) is 11.4. The van der Waals surface area contributed by atoms with Crippen LogP contribution in [0.3, 0.4) is 0 Å². The molecular formula is C27H33FN4O9. The molecule has 0 saturated heterocycles. The highest BCUT2D eigenvalue weighted by molar-refractivity contribution is 6.32. The van der Waals surface area contributed by atoms with Crippen molar-refractivity contribution < 1.29 is 48.1 Å². The van der Waals surface area contributed by atoms with Gasteiger partial charge >= 0.3 is 0 Å². The van der Waals surface area contributed by atoms with E-state index in [1.165, 1.54) is 26.1 Å². The maximum Gasteiger partial charge on any atom is 0.238 e. The summed E-state index contributed by atoms with van der Waals surface area (Å²) < 4.78 is 20.2. The molecule has 0 aliphatic heterocycles. The monoisotopic (exact) mass is 576 g/mol. The van der Waals surface area contributed by atoms with Crippen LogP contribution >= 0.6 is 0 Å². The summed E-state index contributed by atoms with van der Waals surface area (Å²) in [5.74, 6) is -14.2. The highest BCUT2D eigenvalue weighted by Crippen LogP contribution is 2.51. The molecule has 0 aromatic heterocycles. The summed E-state index contributed by atoms with van der Waals surface area (Å²) in [6.07, 6.45) is 0.213. The second-order valence-electron chi connectivity index (χ2n) is 11.0. The molecule has 1 aromatic carbocycles. The third-order valence-electron chi connectivity index (χ3n) is 8.27. The fourth-order valence-electron chi connectivity index (χ4n) is 6.46. The molecule has 13 nitrogen and oxygen atoms in total. The third kappa shape index (κ3) is 4.94. The van der Waals surface area contributed by atoms with Crippen LogP contribution in [-0.2, 0) is 35.1 Å². The molecule has 2 amide bonds. The normalized spacial score (nSPS) is 29.2. The minimum Gasteiger partial charge on any atom is -0.505 e. The van der Waals surface area contributed by atoms with Crippen molar-refractivity contribution >= 4 is 40.6 Å². The van der Waals surface area contributed by atoms with Gasteiger partial charge in [0.2, 0.25) is 11.8 Å². The number of likely N-dealkylation sites (N-methyl/N-ethyl adjacent to an activating group) is 1. The maximum absolute atomic E-state index is 15.3. The average molecular weight is 577 g/mol. The van der Waals surface area contributed by atoms with Crippen molar-refractivity contribution in [1.29, 1.82) is 0 Å². The van der Waals surface area contributed by atoms with E-state index >= 15 is 4.39 Å². The van der Waals surface area contributed by atoms with Crippen LogP contribution in [0, 0.1) is 29.5 Å². The predicted molar refractivity (Wildman–Crippen MR) is 139 cm³/mol. The van der Waals surface area contributed by atoms with E-state index in [1.54, 1.807) is 0 Å². The van der Waals surface area contributed by atoms with Gasteiger partial charge < -0.3 is 31.3 Å². The lowest BCUT2D eigenvalue weighted by molar-refractivity contribution is -0.181. The predicted octanol–water partition coefficient (Wildman–Crippen LogP) is -1.43. The van der Waals surface area contributed by atoms with Crippen molar-refractivity contribution in [2.45, 2.75) is 30.9 Å². The first-order valence-electron chi connectivity index (χ1n) is 13.2. The lowest BCUT2D eigenvalue weighted by atomic mass is 9.52. The number of benzene rings is 1. The number of phenols is 1. The van der Waals surface area contributed by atoms with E-state index in [4.69, 9.17) is 10.5 Å². The van der Waals surface area contributed by atoms with Crippen LogP contribution in [0.5, 0.6) is 5.75 Å². The molecule has 0 bridgehead atoms. The second-order valence-corrected chi connectivity index (χ2v) is 11.0. The quantitative estimate of drug-likeness (QED) is 0.131. The number of amides is 2. The number of aliphatic hydroxyl groups is 1. The standard InChI is InChI=1S/C27H33FN4O9/c1-32(2)20-13-8-11-7-12-14(28)9-15(31-16(33)10-30-5-4-6-41-3)21(34)18(12)22(35)17(11)24(37)27(13,40)25(38)19(23(20)36)26(29)39/h9,11,13,17,19-20,30,34,40H,4-8,10H2,1-3H3,(H2,29,39)(H,31,33)/t11-,13-,17?,19?,20-,27-/m0/s1. The topological polar surface area (TPSA) is 205 Å². The summed E-state index contributed by atoms with van der Waals surface area (Å²) in [7, 11) is 4.48. The van der Waals surface area contributed by atoms with Gasteiger partial charge in [0.05, 0.1) is 29.8 Å². The van der Waals surface area contributed by atoms with Gasteiger partial charge in [-0.3, -0.25) is 33.7 Å². The molecule has 4 rings (SSSR count). The number of carbonyl (C=O) groups is 6. The minimum atomic E-state index is -2.88. The van der Waals surface area contributed by atoms with Gasteiger partial charge in [0.1, 0.15) is 11.6 Å². The van der Waals surface area contributed by atoms with Gasteiger partial charge in [0, 0.05) is 31.3 Å². The van der Waals surface area contributed by atoms with Gasteiger partial charge in [-0.05, 0) is 45.8 Å². The third-order valence-corrected chi connectivity index (χ3v) is 8.27. The zero-order chi connectivity index (χ0) is 30.4. The smallest absolute Gasteiger partial charge is 0.238 e. The van der Waals surface area contributed by atoms with E-state index < -0.39 is 93.1 Å². The largest absolute Gasteiger partial charge is 0.505 e. The van der Waals surface area contributed by atoms with Gasteiger partial charge in [-0.15, -0.1) is 0 Å². The van der Waals surface area contributed by atoms with Crippen LogP contribution in [0.2, 0.25) is 0 Å². The number of aromatic hydroxyl groups is 1. The van der Waals surface area contributed by atoms with E-state index in [0.717, 1.165) is 6.07 Å². The zero-order valence-corrected chi connectivity index (χ0v) is 22.9. The van der Waals surface area contributed by atoms with Crippen LogP contribution in [-0.4, -0.2) is 103 Å². The number of rotatable bonds is 9. The Morgan fingerprint density at radius 1 is 1.22 bits per heavy atom. The van der Waals surface area contributed by atoms with Crippen molar-refractivity contribution in [2.24, 2.45) is 29.4 Å². The van der Waals surface area contributed by atoms with Gasteiger partial charge in [0.15, 0.2) is 34.7 Å². The first kappa shape index (κ1) is 30.4. The number of halogens is 1. The number of carbonyl (C=O) groups excluding carboxylic acids is 6. The molecule has 41 heavy (non-hydrogen) atoms. The molecule has 2 unspecified atom stereocenters. The number of nitrogens with zero attached hydrogens (tertiary/aromatic N) is 1. The highest BCUT2D eigenvalue weighted by Gasteiger charge is 2.69. The van der Waals surface area contributed by atoms with Crippen molar-refractivity contribution in [1.82, 2.24) is 10.2 Å². The van der Waals surface area contributed by atoms with Crippen molar-refractivity contribution in [3.63, 3.8) is 0 Å². The number of anilines is 1. The summed E-state index contributed by atoms with van der Waals surface area (Å²) in [5.41, 5.74) is 1.29. The van der Waals surface area contributed by atoms with Gasteiger partial charge in [-0.1, -0.05) is 0 Å². The Hall–Kier alpha value is -3.59. The summed E-state index contributed by atoms with van der Waals surface area (Å²) in [4.78, 5) is 79.6. The number of methoxy groups -OCH3 is 1. The SMILES string of the molecule is COCCCNCC(=O)Nc1cc(F)c2c(c1O)C(=O)C1C(=O)[C@]3(O)C(=O)C(C(N)=O)C(=O)[C@@H](N(C)C)[C@@H]3C[C@@H]1C2. The van der Waals surface area contributed by atoms with Crippen LogP contribution in [0.1, 0.15) is 28.8 Å². The van der Waals surface area contributed by atoms with Gasteiger partial charge in [0.25, 0.3) is 0 Å². The number of hydrogen-bond acceptors (Lipinski definition) is 11. The fourth-order valence-corrected chi connectivity index (χ4v) is 6.46. The number of fused-ring (bicyclic) bond motifs is 3. The van der Waals surface area contributed by atoms with Crippen molar-refractivity contribution in [2.75, 3.05) is 46.2 Å². The lowest BCUT2D eigenvalue weighted by Gasteiger charge is -2.52. The number of Topliss-reactive ketones (excluding diaryl/α,β-unsaturated/α-hetero) is 4. The Labute approximate surface area is 234 Å². The Kier molecular flexibility index (Phi) is 8.41. The number of hydrogen-bond donors (Lipinski definition) is 5. The summed E-state index contributed by atoms with van der Waals surface area (Å²) in [6, 6.07) is -0.380. The van der Waals surface area contributed by atoms with Crippen molar-refractivity contribution in [3.05, 3.63) is 23.0 Å².